The number of ether oxygens (including phenoxy) is 1. The van der Waals surface area contributed by atoms with Crippen LogP contribution < -0.4 is 11.3 Å². The van der Waals surface area contributed by atoms with Crippen LogP contribution in [0.3, 0.4) is 0 Å². The maximum absolute atomic E-state index is 13.1. The van der Waals surface area contributed by atoms with E-state index in [2.05, 4.69) is 5.43 Å². The second-order valence-corrected chi connectivity index (χ2v) is 4.51. The lowest BCUT2D eigenvalue weighted by atomic mass is 9.94. The third kappa shape index (κ3) is 4.19. The first kappa shape index (κ1) is 16.9. The molecular formula is C14H21F3N2O. The van der Waals surface area contributed by atoms with Crippen molar-refractivity contribution in [3.63, 3.8) is 0 Å². The standard InChI is InChI=1S/C14H21F3N2O/c1-3-7-12(20-4-2)13(19-18)10-8-5-6-9-11(10)14(15,16)17/h5-6,8-9,12-13,19H,3-4,7,18H2,1-2H3. The molecule has 3 nitrogen and oxygen atoms in total. The monoisotopic (exact) mass is 290 g/mol. The zero-order chi connectivity index (χ0) is 15.2. The molecule has 0 aromatic heterocycles. The van der Waals surface area contributed by atoms with Crippen molar-refractivity contribution < 1.29 is 17.9 Å². The van der Waals surface area contributed by atoms with Crippen LogP contribution >= 0.6 is 0 Å². The summed E-state index contributed by atoms with van der Waals surface area (Å²) in [6.07, 6.45) is -3.36. The van der Waals surface area contributed by atoms with Gasteiger partial charge in [0.05, 0.1) is 17.7 Å². The van der Waals surface area contributed by atoms with E-state index in [-0.39, 0.29) is 5.56 Å². The number of halogens is 3. The lowest BCUT2D eigenvalue weighted by molar-refractivity contribution is -0.138. The molecule has 2 unspecified atom stereocenters. The zero-order valence-electron chi connectivity index (χ0n) is 11.7. The molecule has 0 heterocycles. The first-order valence-electron chi connectivity index (χ1n) is 6.69. The summed E-state index contributed by atoms with van der Waals surface area (Å²) in [5, 5.41) is 0. The third-order valence-corrected chi connectivity index (χ3v) is 3.11. The molecule has 0 aliphatic rings. The molecule has 0 saturated carbocycles. The highest BCUT2D eigenvalue weighted by atomic mass is 19.4. The van der Waals surface area contributed by atoms with Crippen LogP contribution in [0.25, 0.3) is 0 Å². The zero-order valence-corrected chi connectivity index (χ0v) is 11.7. The number of benzene rings is 1. The molecule has 0 fully saturated rings. The van der Waals surface area contributed by atoms with Crippen molar-refractivity contribution in [1.29, 1.82) is 0 Å². The van der Waals surface area contributed by atoms with Crippen LogP contribution in [-0.4, -0.2) is 12.7 Å². The number of alkyl halides is 3. The van der Waals surface area contributed by atoms with Crippen LogP contribution in [0.2, 0.25) is 0 Å². The molecule has 0 spiro atoms. The van der Waals surface area contributed by atoms with Gasteiger partial charge in [-0.25, -0.2) is 0 Å². The summed E-state index contributed by atoms with van der Waals surface area (Å²) in [4.78, 5) is 0. The van der Waals surface area contributed by atoms with Gasteiger partial charge >= 0.3 is 6.18 Å². The summed E-state index contributed by atoms with van der Waals surface area (Å²) in [6, 6.07) is 4.76. The van der Waals surface area contributed by atoms with Gasteiger partial charge in [-0.15, -0.1) is 0 Å². The SMILES string of the molecule is CCCC(OCC)C(NN)c1ccccc1C(F)(F)F. The van der Waals surface area contributed by atoms with Gasteiger partial charge in [0.15, 0.2) is 0 Å². The molecule has 0 aliphatic heterocycles. The molecule has 6 heteroatoms. The number of nitrogens with one attached hydrogen (secondary N) is 1. The van der Waals surface area contributed by atoms with Crippen molar-refractivity contribution in [3.8, 4) is 0 Å². The smallest absolute Gasteiger partial charge is 0.376 e. The Balaban J connectivity index is 3.17. The molecule has 0 radical (unpaired) electrons. The van der Waals surface area contributed by atoms with Crippen molar-refractivity contribution in [3.05, 3.63) is 35.4 Å². The summed E-state index contributed by atoms with van der Waals surface area (Å²) < 4.78 is 44.8. The summed E-state index contributed by atoms with van der Waals surface area (Å²) >= 11 is 0. The molecule has 1 aromatic carbocycles. The van der Waals surface area contributed by atoms with Crippen LogP contribution in [0.5, 0.6) is 0 Å². The van der Waals surface area contributed by atoms with Gasteiger partial charge in [0.25, 0.3) is 0 Å². The molecule has 1 aromatic rings. The molecule has 3 N–H and O–H groups in total. The van der Waals surface area contributed by atoms with Gasteiger partial charge in [0.2, 0.25) is 0 Å². The van der Waals surface area contributed by atoms with Gasteiger partial charge in [0.1, 0.15) is 0 Å². The minimum atomic E-state index is -4.41. The number of hydrogen-bond donors (Lipinski definition) is 2. The van der Waals surface area contributed by atoms with E-state index in [1.54, 1.807) is 6.07 Å². The molecular weight excluding hydrogens is 269 g/mol. The van der Waals surface area contributed by atoms with Gasteiger partial charge in [-0.3, -0.25) is 11.3 Å². The van der Waals surface area contributed by atoms with E-state index in [9.17, 15) is 13.2 Å². The van der Waals surface area contributed by atoms with Gasteiger partial charge in [-0.05, 0) is 25.0 Å². The number of hydrazine groups is 1. The van der Waals surface area contributed by atoms with E-state index in [0.29, 0.717) is 13.0 Å². The van der Waals surface area contributed by atoms with Crippen molar-refractivity contribution >= 4 is 0 Å². The van der Waals surface area contributed by atoms with E-state index < -0.39 is 23.9 Å². The molecule has 1 rings (SSSR count). The topological polar surface area (TPSA) is 47.3 Å². The fourth-order valence-electron chi connectivity index (χ4n) is 2.27. The first-order chi connectivity index (χ1) is 9.45. The van der Waals surface area contributed by atoms with Crippen LogP contribution in [0.4, 0.5) is 13.2 Å². The molecule has 0 bridgehead atoms. The Bertz CT molecular complexity index is 404. The highest BCUT2D eigenvalue weighted by molar-refractivity contribution is 5.33. The predicted molar refractivity (Wildman–Crippen MR) is 71.8 cm³/mol. The average Bonchev–Trinajstić information content (AvgIpc) is 2.39. The summed E-state index contributed by atoms with van der Waals surface area (Å²) in [7, 11) is 0. The quantitative estimate of drug-likeness (QED) is 0.597. The van der Waals surface area contributed by atoms with Gasteiger partial charge in [-0.1, -0.05) is 31.5 Å². The first-order valence-corrected chi connectivity index (χ1v) is 6.69. The maximum Gasteiger partial charge on any atom is 0.416 e. The fourth-order valence-corrected chi connectivity index (χ4v) is 2.27. The number of rotatable bonds is 7. The molecule has 0 aliphatic carbocycles. The molecule has 114 valence electrons. The molecule has 0 amide bonds. The van der Waals surface area contributed by atoms with Crippen molar-refractivity contribution in [2.24, 2.45) is 5.84 Å². The van der Waals surface area contributed by atoms with E-state index in [0.717, 1.165) is 12.5 Å². The summed E-state index contributed by atoms with van der Waals surface area (Å²) in [5.41, 5.74) is 1.92. The highest BCUT2D eigenvalue weighted by Crippen LogP contribution is 2.36. The second-order valence-electron chi connectivity index (χ2n) is 4.51. The number of hydrogen-bond acceptors (Lipinski definition) is 3. The van der Waals surface area contributed by atoms with Crippen molar-refractivity contribution in [2.45, 2.75) is 45.0 Å². The summed E-state index contributed by atoms with van der Waals surface area (Å²) in [6.45, 7) is 4.19. The maximum atomic E-state index is 13.1. The molecule has 20 heavy (non-hydrogen) atoms. The van der Waals surface area contributed by atoms with Crippen LogP contribution in [0.1, 0.15) is 43.9 Å². The van der Waals surface area contributed by atoms with Crippen LogP contribution in [0, 0.1) is 0 Å². The van der Waals surface area contributed by atoms with E-state index >= 15 is 0 Å². The predicted octanol–water partition coefficient (Wildman–Crippen LogP) is 3.42. The normalized spacial score (nSPS) is 15.1. The minimum Gasteiger partial charge on any atom is -0.376 e. The Morgan fingerprint density at radius 1 is 1.25 bits per heavy atom. The highest BCUT2D eigenvalue weighted by Gasteiger charge is 2.36. The number of nitrogens with two attached hydrogens (primary N) is 1. The average molecular weight is 290 g/mol. The largest absolute Gasteiger partial charge is 0.416 e. The Hall–Kier alpha value is -1.11. The van der Waals surface area contributed by atoms with E-state index in [4.69, 9.17) is 10.6 Å². The van der Waals surface area contributed by atoms with E-state index in [1.807, 2.05) is 13.8 Å². The van der Waals surface area contributed by atoms with Gasteiger partial charge in [-0.2, -0.15) is 13.2 Å². The lowest BCUT2D eigenvalue weighted by Crippen LogP contribution is -2.39. The van der Waals surface area contributed by atoms with Crippen LogP contribution in [0.15, 0.2) is 24.3 Å². The Kier molecular flexibility index (Phi) is 6.45. The molecule has 2 atom stereocenters. The molecule has 0 saturated heterocycles. The summed E-state index contributed by atoms with van der Waals surface area (Å²) in [5.74, 6) is 5.48. The minimum absolute atomic E-state index is 0.120. The Morgan fingerprint density at radius 3 is 2.40 bits per heavy atom. The second kappa shape index (κ2) is 7.61. The fraction of sp³-hybridized carbons (Fsp3) is 0.571. The third-order valence-electron chi connectivity index (χ3n) is 3.11. The lowest BCUT2D eigenvalue weighted by Gasteiger charge is -2.28. The Labute approximate surface area is 117 Å². The van der Waals surface area contributed by atoms with E-state index in [1.165, 1.54) is 12.1 Å². The van der Waals surface area contributed by atoms with Crippen LogP contribution in [-0.2, 0) is 10.9 Å². The van der Waals surface area contributed by atoms with Crippen molar-refractivity contribution in [2.75, 3.05) is 6.61 Å². The van der Waals surface area contributed by atoms with Gasteiger partial charge in [0, 0.05) is 6.61 Å². The van der Waals surface area contributed by atoms with Gasteiger partial charge < -0.3 is 4.74 Å². The Morgan fingerprint density at radius 2 is 1.90 bits per heavy atom. The van der Waals surface area contributed by atoms with Crippen molar-refractivity contribution in [1.82, 2.24) is 5.43 Å².